The van der Waals surface area contributed by atoms with Gasteiger partial charge in [-0.25, -0.2) is 4.90 Å². The number of nitrogens with zero attached hydrogens (tertiary/aromatic N) is 1. The van der Waals surface area contributed by atoms with Crippen LogP contribution in [0, 0.1) is 23.2 Å². The first-order valence-electron chi connectivity index (χ1n) is 6.96. The molecule has 1 heterocycles. The maximum Gasteiger partial charge on any atom is 0.241 e. The summed E-state index contributed by atoms with van der Waals surface area (Å²) in [5, 5.41) is 0.755. The van der Waals surface area contributed by atoms with Crippen molar-refractivity contribution in [3.63, 3.8) is 0 Å². The highest BCUT2D eigenvalue weighted by Gasteiger charge is 2.67. The van der Waals surface area contributed by atoms with Gasteiger partial charge < -0.3 is 0 Å². The first-order chi connectivity index (χ1) is 9.94. The molecule has 1 aromatic rings. The Bertz CT molecular complexity index is 714. The van der Waals surface area contributed by atoms with Gasteiger partial charge in [0.1, 0.15) is 0 Å². The molecule has 0 N–H and O–H groups in total. The lowest BCUT2D eigenvalue weighted by atomic mass is 9.71. The summed E-state index contributed by atoms with van der Waals surface area (Å²) in [6.45, 7) is 1.92. The molecule has 21 heavy (non-hydrogen) atoms. The predicted octanol–water partition coefficient (Wildman–Crippen LogP) is 3.70. The van der Waals surface area contributed by atoms with Gasteiger partial charge in [0.2, 0.25) is 11.8 Å². The van der Waals surface area contributed by atoms with E-state index >= 15 is 0 Å². The third kappa shape index (κ3) is 1.51. The van der Waals surface area contributed by atoms with E-state index in [0.717, 1.165) is 6.42 Å². The van der Waals surface area contributed by atoms with Crippen LogP contribution in [0.2, 0.25) is 10.0 Å². The molecule has 2 amide bonds. The molecule has 2 aliphatic carbocycles. The number of allylic oxidation sites excluding steroid dienone is 2. The van der Waals surface area contributed by atoms with E-state index in [1.807, 2.05) is 6.92 Å². The Morgan fingerprint density at radius 1 is 1.19 bits per heavy atom. The average molecular weight is 322 g/mol. The van der Waals surface area contributed by atoms with Crippen LogP contribution in [0.15, 0.2) is 30.4 Å². The van der Waals surface area contributed by atoms with E-state index in [1.54, 1.807) is 18.2 Å². The third-order valence-electron chi connectivity index (χ3n) is 5.27. The Morgan fingerprint density at radius 3 is 2.62 bits per heavy atom. The van der Waals surface area contributed by atoms with Crippen molar-refractivity contribution >= 4 is 40.7 Å². The second-order valence-electron chi connectivity index (χ2n) is 6.23. The van der Waals surface area contributed by atoms with Crippen LogP contribution in [-0.4, -0.2) is 11.8 Å². The highest BCUT2D eigenvalue weighted by Crippen LogP contribution is 2.60. The maximum atomic E-state index is 12.9. The fraction of sp³-hybridized carbons (Fsp3) is 0.375. The molecule has 3 aliphatic rings. The van der Waals surface area contributed by atoms with E-state index in [9.17, 15) is 9.59 Å². The molecule has 108 valence electrons. The normalized spacial score (nSPS) is 36.7. The number of halogens is 2. The van der Waals surface area contributed by atoms with Crippen LogP contribution in [0.1, 0.15) is 13.3 Å². The zero-order valence-electron chi connectivity index (χ0n) is 11.3. The van der Waals surface area contributed by atoms with Crippen molar-refractivity contribution in [3.8, 4) is 0 Å². The number of fused-ring (bicyclic) bond motifs is 5. The molecule has 2 bridgehead atoms. The Morgan fingerprint density at radius 2 is 1.95 bits per heavy atom. The SMILES string of the molecule is C[C@]12C(=O)N(c3ccc(Cl)c(Cl)c3)C(=O)[C@H]1[C@H]1C=C[C@@H]2C1. The van der Waals surface area contributed by atoms with Crippen molar-refractivity contribution in [3.05, 3.63) is 40.4 Å². The lowest BCUT2D eigenvalue weighted by Crippen LogP contribution is -2.37. The Labute approximate surface area is 132 Å². The van der Waals surface area contributed by atoms with Crippen molar-refractivity contribution < 1.29 is 9.59 Å². The number of anilines is 1. The van der Waals surface area contributed by atoms with E-state index < -0.39 is 5.41 Å². The number of imide groups is 1. The summed E-state index contributed by atoms with van der Waals surface area (Å²) in [6.07, 6.45) is 5.08. The second-order valence-corrected chi connectivity index (χ2v) is 7.04. The molecule has 1 saturated heterocycles. The van der Waals surface area contributed by atoms with Gasteiger partial charge in [-0.2, -0.15) is 0 Å². The average Bonchev–Trinajstić information content (AvgIpc) is 3.07. The molecule has 5 heteroatoms. The minimum absolute atomic E-state index is 0.113. The first-order valence-corrected chi connectivity index (χ1v) is 7.72. The summed E-state index contributed by atoms with van der Waals surface area (Å²) < 4.78 is 0. The van der Waals surface area contributed by atoms with Gasteiger partial charge in [0.25, 0.3) is 0 Å². The number of benzene rings is 1. The lowest BCUT2D eigenvalue weighted by Gasteiger charge is -2.28. The van der Waals surface area contributed by atoms with E-state index in [0.29, 0.717) is 15.7 Å². The first kappa shape index (κ1) is 13.4. The van der Waals surface area contributed by atoms with E-state index in [2.05, 4.69) is 12.2 Å². The van der Waals surface area contributed by atoms with Gasteiger partial charge in [0.05, 0.1) is 27.1 Å². The summed E-state index contributed by atoms with van der Waals surface area (Å²) in [4.78, 5) is 27.0. The van der Waals surface area contributed by atoms with Crippen LogP contribution in [0.25, 0.3) is 0 Å². The van der Waals surface area contributed by atoms with E-state index in [-0.39, 0.29) is 29.6 Å². The summed E-state index contributed by atoms with van der Waals surface area (Å²) in [5.41, 5.74) is -0.0998. The molecule has 4 atom stereocenters. The topological polar surface area (TPSA) is 37.4 Å². The molecule has 1 aliphatic heterocycles. The molecule has 0 spiro atoms. The van der Waals surface area contributed by atoms with Crippen molar-refractivity contribution in [1.82, 2.24) is 0 Å². The van der Waals surface area contributed by atoms with E-state index in [1.165, 1.54) is 4.90 Å². The van der Waals surface area contributed by atoms with E-state index in [4.69, 9.17) is 23.2 Å². The van der Waals surface area contributed by atoms with Gasteiger partial charge in [-0.15, -0.1) is 0 Å². The monoisotopic (exact) mass is 321 g/mol. The zero-order valence-corrected chi connectivity index (χ0v) is 12.9. The maximum absolute atomic E-state index is 12.9. The number of carbonyl (C=O) groups excluding carboxylic acids is 2. The Hall–Kier alpha value is -1.32. The van der Waals surface area contributed by atoms with Crippen LogP contribution < -0.4 is 4.90 Å². The van der Waals surface area contributed by atoms with Gasteiger partial charge in [-0.05, 0) is 43.4 Å². The molecule has 2 fully saturated rings. The van der Waals surface area contributed by atoms with Gasteiger partial charge in [0.15, 0.2) is 0 Å². The fourth-order valence-electron chi connectivity index (χ4n) is 4.17. The molecule has 1 aromatic carbocycles. The van der Waals surface area contributed by atoms with Crippen LogP contribution in [0.4, 0.5) is 5.69 Å². The van der Waals surface area contributed by atoms with Gasteiger partial charge >= 0.3 is 0 Å². The number of hydrogen-bond donors (Lipinski definition) is 0. The van der Waals surface area contributed by atoms with Crippen LogP contribution >= 0.6 is 23.2 Å². The zero-order chi connectivity index (χ0) is 14.9. The molecule has 1 saturated carbocycles. The number of carbonyl (C=O) groups is 2. The van der Waals surface area contributed by atoms with Gasteiger partial charge in [-0.1, -0.05) is 35.4 Å². The summed E-state index contributed by atoms with van der Waals surface area (Å²) in [5.74, 6) is -0.124. The third-order valence-corrected chi connectivity index (χ3v) is 6.01. The Balaban J connectivity index is 1.81. The molecular weight excluding hydrogens is 309 g/mol. The number of rotatable bonds is 1. The number of amides is 2. The van der Waals surface area contributed by atoms with Crippen molar-refractivity contribution in [2.24, 2.45) is 23.2 Å². The van der Waals surface area contributed by atoms with Crippen molar-refractivity contribution in [2.75, 3.05) is 4.90 Å². The summed E-state index contributed by atoms with van der Waals surface area (Å²) in [6, 6.07) is 4.87. The second kappa shape index (κ2) is 4.11. The molecule has 0 unspecified atom stereocenters. The largest absolute Gasteiger partial charge is 0.274 e. The van der Waals surface area contributed by atoms with Gasteiger partial charge in [0, 0.05) is 0 Å². The minimum Gasteiger partial charge on any atom is -0.274 e. The lowest BCUT2D eigenvalue weighted by molar-refractivity contribution is -0.127. The minimum atomic E-state index is -0.609. The highest BCUT2D eigenvalue weighted by atomic mass is 35.5. The molecular formula is C16H13Cl2NO2. The smallest absolute Gasteiger partial charge is 0.241 e. The Kier molecular flexibility index (Phi) is 2.61. The quantitative estimate of drug-likeness (QED) is 0.584. The standard InChI is InChI=1S/C16H13Cl2NO2/c1-16-9-3-2-8(6-9)13(16)14(20)19(15(16)21)10-4-5-11(17)12(18)7-10/h2-5,7-9,13H,6H2,1H3/t8-,9+,13+,16+/m0/s1. The van der Waals surface area contributed by atoms with Crippen LogP contribution in [0.3, 0.4) is 0 Å². The van der Waals surface area contributed by atoms with Crippen molar-refractivity contribution in [1.29, 1.82) is 0 Å². The summed E-state index contributed by atoms with van der Waals surface area (Å²) in [7, 11) is 0. The number of hydrogen-bond acceptors (Lipinski definition) is 2. The molecule has 4 rings (SSSR count). The van der Waals surface area contributed by atoms with Crippen LogP contribution in [0.5, 0.6) is 0 Å². The predicted molar refractivity (Wildman–Crippen MR) is 81.3 cm³/mol. The molecule has 0 aromatic heterocycles. The molecule has 3 nitrogen and oxygen atoms in total. The fourth-order valence-corrected chi connectivity index (χ4v) is 4.47. The molecule has 0 radical (unpaired) electrons. The van der Waals surface area contributed by atoms with Crippen LogP contribution in [-0.2, 0) is 9.59 Å². The highest BCUT2D eigenvalue weighted by molar-refractivity contribution is 6.42. The van der Waals surface area contributed by atoms with Gasteiger partial charge in [-0.3, -0.25) is 9.59 Å². The van der Waals surface area contributed by atoms with Crippen molar-refractivity contribution in [2.45, 2.75) is 13.3 Å². The summed E-state index contributed by atoms with van der Waals surface area (Å²) >= 11 is 11.9.